The minimum absolute atomic E-state index is 0.545. The third-order valence-electron chi connectivity index (χ3n) is 3.18. The number of carbonyl (C=O) groups excluding carboxylic acids is 1. The van der Waals surface area contributed by atoms with Crippen molar-refractivity contribution in [3.63, 3.8) is 0 Å². The largest absolute Gasteiger partial charge is 0.502 e. The Morgan fingerprint density at radius 2 is 1.29 bits per heavy atom. The van der Waals surface area contributed by atoms with Gasteiger partial charge in [-0.05, 0) is 35.4 Å². The Morgan fingerprint density at radius 1 is 0.875 bits per heavy atom. The number of benzene rings is 2. The quantitative estimate of drug-likeness (QED) is 0.556. The van der Waals surface area contributed by atoms with E-state index in [9.17, 15) is 14.7 Å². The zero-order chi connectivity index (χ0) is 17.7. The SMILES string of the molecule is O=C(C=C(O)C(=O)O)NC(c1ccc(Cl)cc1)c1ccc(Cl)cc1. The maximum Gasteiger partial charge on any atom is 0.371 e. The lowest BCUT2D eigenvalue weighted by atomic mass is 9.98. The summed E-state index contributed by atoms with van der Waals surface area (Å²) in [5.41, 5.74) is 1.47. The molecule has 5 nitrogen and oxygen atoms in total. The average Bonchev–Trinajstić information content (AvgIpc) is 2.54. The number of halogens is 2. The van der Waals surface area contributed by atoms with Crippen molar-refractivity contribution in [3.05, 3.63) is 81.5 Å². The summed E-state index contributed by atoms with van der Waals surface area (Å²) in [5.74, 6) is -3.37. The topological polar surface area (TPSA) is 86.6 Å². The van der Waals surface area contributed by atoms with Gasteiger partial charge < -0.3 is 15.5 Å². The lowest BCUT2D eigenvalue weighted by Gasteiger charge is -2.19. The molecule has 0 aliphatic rings. The lowest BCUT2D eigenvalue weighted by Crippen LogP contribution is -2.28. The number of nitrogens with one attached hydrogen (secondary N) is 1. The van der Waals surface area contributed by atoms with Crippen LogP contribution in [0.25, 0.3) is 0 Å². The second-order valence-electron chi connectivity index (χ2n) is 4.88. The van der Waals surface area contributed by atoms with Gasteiger partial charge in [0.25, 0.3) is 0 Å². The van der Waals surface area contributed by atoms with E-state index in [0.717, 1.165) is 11.1 Å². The zero-order valence-electron chi connectivity index (χ0n) is 12.2. The predicted molar refractivity (Wildman–Crippen MR) is 91.2 cm³/mol. The minimum atomic E-state index is -1.58. The van der Waals surface area contributed by atoms with Gasteiger partial charge in [-0.15, -0.1) is 0 Å². The molecule has 0 saturated carbocycles. The van der Waals surface area contributed by atoms with Crippen LogP contribution in [0, 0.1) is 0 Å². The molecule has 0 spiro atoms. The monoisotopic (exact) mass is 365 g/mol. The summed E-state index contributed by atoms with van der Waals surface area (Å²) in [5, 5.41) is 21.6. The van der Waals surface area contributed by atoms with Crippen molar-refractivity contribution in [3.8, 4) is 0 Å². The Balaban J connectivity index is 2.34. The number of aliphatic carboxylic acids is 1. The molecular weight excluding hydrogens is 353 g/mol. The van der Waals surface area contributed by atoms with E-state index < -0.39 is 23.7 Å². The highest BCUT2D eigenvalue weighted by molar-refractivity contribution is 6.30. The molecule has 0 unspecified atom stereocenters. The van der Waals surface area contributed by atoms with Crippen molar-refractivity contribution < 1.29 is 19.8 Å². The molecule has 124 valence electrons. The molecule has 3 N–H and O–H groups in total. The standard InChI is InChI=1S/C17H13Cl2NO4/c18-12-5-1-10(2-6-12)16(11-3-7-13(19)8-4-11)20-15(22)9-14(21)17(23)24/h1-9,16,21H,(H,20,22)(H,23,24). The number of hydrogen-bond acceptors (Lipinski definition) is 3. The first kappa shape index (κ1) is 17.8. The zero-order valence-corrected chi connectivity index (χ0v) is 13.8. The Morgan fingerprint density at radius 3 is 1.67 bits per heavy atom. The number of aliphatic hydroxyl groups excluding tert-OH is 1. The highest BCUT2D eigenvalue weighted by Gasteiger charge is 2.17. The fraction of sp³-hybridized carbons (Fsp3) is 0.0588. The number of carboxylic acid groups (broad SMARTS) is 1. The van der Waals surface area contributed by atoms with E-state index in [1.54, 1.807) is 48.5 Å². The molecule has 2 aromatic rings. The van der Waals surface area contributed by atoms with Crippen molar-refractivity contribution in [1.29, 1.82) is 0 Å². The Hall–Kier alpha value is -2.50. The van der Waals surface area contributed by atoms with E-state index in [4.69, 9.17) is 28.3 Å². The van der Waals surface area contributed by atoms with Gasteiger partial charge in [-0.25, -0.2) is 4.79 Å². The first-order valence-electron chi connectivity index (χ1n) is 6.82. The molecule has 0 heterocycles. The van der Waals surface area contributed by atoms with Crippen LogP contribution in [0.3, 0.4) is 0 Å². The summed E-state index contributed by atoms with van der Waals surface area (Å²) < 4.78 is 0. The normalized spacial score (nSPS) is 11.4. The van der Waals surface area contributed by atoms with Crippen LogP contribution in [0.1, 0.15) is 17.2 Å². The van der Waals surface area contributed by atoms with Gasteiger partial charge in [0.1, 0.15) is 0 Å². The van der Waals surface area contributed by atoms with Crippen LogP contribution < -0.4 is 5.32 Å². The average molecular weight is 366 g/mol. The van der Waals surface area contributed by atoms with E-state index in [0.29, 0.717) is 16.1 Å². The van der Waals surface area contributed by atoms with Crippen molar-refractivity contribution in [2.45, 2.75) is 6.04 Å². The highest BCUT2D eigenvalue weighted by atomic mass is 35.5. The maximum atomic E-state index is 12.0. The predicted octanol–water partition coefficient (Wildman–Crippen LogP) is 3.73. The molecular formula is C17H13Cl2NO4. The van der Waals surface area contributed by atoms with Gasteiger partial charge in [0, 0.05) is 10.0 Å². The molecule has 0 aliphatic carbocycles. The molecule has 2 aromatic carbocycles. The molecule has 0 aromatic heterocycles. The van der Waals surface area contributed by atoms with Crippen LogP contribution in [-0.4, -0.2) is 22.1 Å². The lowest BCUT2D eigenvalue weighted by molar-refractivity contribution is -0.136. The molecule has 0 fully saturated rings. The van der Waals surface area contributed by atoms with Crippen LogP contribution >= 0.6 is 23.2 Å². The molecule has 24 heavy (non-hydrogen) atoms. The fourth-order valence-electron chi connectivity index (χ4n) is 2.04. The van der Waals surface area contributed by atoms with E-state index in [1.165, 1.54) is 0 Å². The number of amides is 1. The summed E-state index contributed by atoms with van der Waals surface area (Å²) in [7, 11) is 0. The number of hydrogen-bond donors (Lipinski definition) is 3. The molecule has 0 radical (unpaired) electrons. The second-order valence-corrected chi connectivity index (χ2v) is 5.75. The van der Waals surface area contributed by atoms with Gasteiger partial charge >= 0.3 is 5.97 Å². The van der Waals surface area contributed by atoms with Gasteiger partial charge in [0.15, 0.2) is 0 Å². The van der Waals surface area contributed by atoms with Crippen LogP contribution in [-0.2, 0) is 9.59 Å². The fourth-order valence-corrected chi connectivity index (χ4v) is 2.29. The molecule has 7 heteroatoms. The number of aliphatic hydroxyl groups is 1. The summed E-state index contributed by atoms with van der Waals surface area (Å²) in [6.45, 7) is 0. The Labute approximate surface area is 148 Å². The smallest absolute Gasteiger partial charge is 0.371 e. The third-order valence-corrected chi connectivity index (χ3v) is 3.68. The van der Waals surface area contributed by atoms with Crippen LogP contribution in [0.2, 0.25) is 10.0 Å². The molecule has 0 saturated heterocycles. The highest BCUT2D eigenvalue weighted by Crippen LogP contribution is 2.25. The molecule has 2 rings (SSSR count). The van der Waals surface area contributed by atoms with Gasteiger partial charge in [0.2, 0.25) is 11.7 Å². The first-order chi connectivity index (χ1) is 11.4. The molecule has 0 bridgehead atoms. The number of carboxylic acids is 1. The number of rotatable bonds is 5. The van der Waals surface area contributed by atoms with Crippen LogP contribution in [0.4, 0.5) is 0 Å². The van der Waals surface area contributed by atoms with Crippen molar-refractivity contribution in [2.75, 3.05) is 0 Å². The maximum absolute atomic E-state index is 12.0. The summed E-state index contributed by atoms with van der Waals surface area (Å²) >= 11 is 11.8. The van der Waals surface area contributed by atoms with Crippen LogP contribution in [0.15, 0.2) is 60.4 Å². The van der Waals surface area contributed by atoms with Crippen molar-refractivity contribution >= 4 is 35.1 Å². The Kier molecular flexibility index (Phi) is 5.84. The minimum Gasteiger partial charge on any atom is -0.502 e. The summed E-state index contributed by atoms with van der Waals surface area (Å²) in [4.78, 5) is 22.6. The van der Waals surface area contributed by atoms with Gasteiger partial charge in [-0.2, -0.15) is 0 Å². The third kappa shape index (κ3) is 4.75. The molecule has 0 aliphatic heterocycles. The van der Waals surface area contributed by atoms with Crippen molar-refractivity contribution in [1.82, 2.24) is 5.32 Å². The van der Waals surface area contributed by atoms with Gasteiger partial charge in [0.05, 0.1) is 12.1 Å². The molecule has 0 atom stereocenters. The van der Waals surface area contributed by atoms with E-state index in [-0.39, 0.29) is 0 Å². The summed E-state index contributed by atoms with van der Waals surface area (Å²) in [6, 6.07) is 13.1. The number of carbonyl (C=O) groups is 2. The van der Waals surface area contributed by atoms with Crippen molar-refractivity contribution in [2.24, 2.45) is 0 Å². The Bertz CT molecular complexity index is 725. The molecule has 1 amide bonds. The van der Waals surface area contributed by atoms with E-state index >= 15 is 0 Å². The second kappa shape index (κ2) is 7.86. The summed E-state index contributed by atoms with van der Waals surface area (Å²) in [6.07, 6.45) is 0.612. The van der Waals surface area contributed by atoms with E-state index in [1.807, 2.05) is 0 Å². The van der Waals surface area contributed by atoms with E-state index in [2.05, 4.69) is 5.32 Å². The first-order valence-corrected chi connectivity index (χ1v) is 7.58. The van der Waals surface area contributed by atoms with Gasteiger partial charge in [-0.3, -0.25) is 4.79 Å². The van der Waals surface area contributed by atoms with Gasteiger partial charge in [-0.1, -0.05) is 47.5 Å². The van der Waals surface area contributed by atoms with Crippen LogP contribution in [0.5, 0.6) is 0 Å².